The average molecular weight is 303 g/mol. The highest BCUT2D eigenvalue weighted by Gasteiger charge is 2.19. The van der Waals surface area contributed by atoms with Crippen molar-refractivity contribution in [3.8, 4) is 0 Å². The van der Waals surface area contributed by atoms with Crippen LogP contribution in [0.25, 0.3) is 0 Å². The van der Waals surface area contributed by atoms with Crippen LogP contribution in [0.4, 0.5) is 5.69 Å². The minimum Gasteiger partial charge on any atom is -0.371 e. The summed E-state index contributed by atoms with van der Waals surface area (Å²) in [5, 5.41) is 0. The molecule has 1 aliphatic rings. The van der Waals surface area contributed by atoms with E-state index in [-0.39, 0.29) is 5.91 Å². The van der Waals surface area contributed by atoms with Crippen LogP contribution in [0.2, 0.25) is 0 Å². The van der Waals surface area contributed by atoms with E-state index in [9.17, 15) is 4.79 Å². The van der Waals surface area contributed by atoms with E-state index in [0.29, 0.717) is 5.69 Å². The SMILES string of the molecule is CCCN(CCC)c1ccnc(C(=O)N2CCCCCC2)c1. The highest BCUT2D eigenvalue weighted by atomic mass is 16.2. The predicted molar refractivity (Wildman–Crippen MR) is 91.4 cm³/mol. The van der Waals surface area contributed by atoms with Gasteiger partial charge in [-0.05, 0) is 37.8 Å². The number of anilines is 1. The van der Waals surface area contributed by atoms with Crippen molar-refractivity contribution in [2.75, 3.05) is 31.1 Å². The molecule has 0 aliphatic carbocycles. The van der Waals surface area contributed by atoms with Crippen molar-refractivity contribution in [3.63, 3.8) is 0 Å². The number of carbonyl (C=O) groups excluding carboxylic acids is 1. The van der Waals surface area contributed by atoms with E-state index in [0.717, 1.165) is 57.5 Å². The first-order valence-corrected chi connectivity index (χ1v) is 8.76. The number of likely N-dealkylation sites (tertiary alicyclic amines) is 1. The van der Waals surface area contributed by atoms with Crippen LogP contribution in [0.3, 0.4) is 0 Å². The summed E-state index contributed by atoms with van der Waals surface area (Å²) < 4.78 is 0. The summed E-state index contributed by atoms with van der Waals surface area (Å²) in [6, 6.07) is 3.99. The normalized spacial score (nSPS) is 15.5. The molecule has 1 aromatic rings. The van der Waals surface area contributed by atoms with E-state index in [1.807, 2.05) is 17.0 Å². The first-order valence-electron chi connectivity index (χ1n) is 8.76. The molecule has 0 atom stereocenters. The van der Waals surface area contributed by atoms with E-state index < -0.39 is 0 Å². The maximum atomic E-state index is 12.7. The van der Waals surface area contributed by atoms with Gasteiger partial charge in [0.25, 0.3) is 5.91 Å². The van der Waals surface area contributed by atoms with Crippen LogP contribution < -0.4 is 4.90 Å². The summed E-state index contributed by atoms with van der Waals surface area (Å²) >= 11 is 0. The van der Waals surface area contributed by atoms with Gasteiger partial charge in [0.2, 0.25) is 0 Å². The molecule has 0 bridgehead atoms. The molecule has 4 nitrogen and oxygen atoms in total. The Morgan fingerprint density at radius 3 is 2.36 bits per heavy atom. The molecule has 0 spiro atoms. The molecule has 1 aliphatic heterocycles. The second-order valence-corrected chi connectivity index (χ2v) is 6.09. The molecule has 2 heterocycles. The molecule has 1 saturated heterocycles. The monoisotopic (exact) mass is 303 g/mol. The van der Waals surface area contributed by atoms with E-state index in [4.69, 9.17) is 0 Å². The number of nitrogens with zero attached hydrogens (tertiary/aromatic N) is 3. The zero-order valence-corrected chi connectivity index (χ0v) is 14.1. The number of aromatic nitrogens is 1. The number of amides is 1. The lowest BCUT2D eigenvalue weighted by Gasteiger charge is -2.25. The summed E-state index contributed by atoms with van der Waals surface area (Å²) in [4.78, 5) is 21.3. The number of hydrogen-bond acceptors (Lipinski definition) is 3. The third kappa shape index (κ3) is 4.46. The molecular weight excluding hydrogens is 274 g/mol. The fourth-order valence-electron chi connectivity index (χ4n) is 3.08. The van der Waals surface area contributed by atoms with Crippen molar-refractivity contribution in [2.24, 2.45) is 0 Å². The third-order valence-electron chi connectivity index (χ3n) is 4.21. The van der Waals surface area contributed by atoms with Crippen LogP contribution in [-0.4, -0.2) is 42.0 Å². The molecular formula is C18H29N3O. The molecule has 122 valence electrons. The third-order valence-corrected chi connectivity index (χ3v) is 4.21. The van der Waals surface area contributed by atoms with E-state index in [1.54, 1.807) is 6.20 Å². The van der Waals surface area contributed by atoms with Crippen molar-refractivity contribution in [2.45, 2.75) is 52.4 Å². The van der Waals surface area contributed by atoms with Crippen molar-refractivity contribution < 1.29 is 4.79 Å². The largest absolute Gasteiger partial charge is 0.371 e. The number of hydrogen-bond donors (Lipinski definition) is 0. The molecule has 1 fully saturated rings. The zero-order chi connectivity index (χ0) is 15.8. The standard InChI is InChI=1S/C18H29N3O/c1-3-11-20(12-4-2)16-9-10-19-17(15-16)18(22)21-13-7-5-6-8-14-21/h9-10,15H,3-8,11-14H2,1-2H3. The van der Waals surface area contributed by atoms with Crippen molar-refractivity contribution in [1.29, 1.82) is 0 Å². The molecule has 2 rings (SSSR count). The van der Waals surface area contributed by atoms with Gasteiger partial charge in [0.15, 0.2) is 0 Å². The molecule has 0 radical (unpaired) electrons. The lowest BCUT2D eigenvalue weighted by atomic mass is 10.2. The summed E-state index contributed by atoms with van der Waals surface area (Å²) in [6.07, 6.45) is 8.69. The van der Waals surface area contributed by atoms with Crippen molar-refractivity contribution in [3.05, 3.63) is 24.0 Å². The fraction of sp³-hybridized carbons (Fsp3) is 0.667. The van der Waals surface area contributed by atoms with Gasteiger partial charge in [-0.2, -0.15) is 0 Å². The number of rotatable bonds is 6. The first-order chi connectivity index (χ1) is 10.8. The Hall–Kier alpha value is -1.58. The molecule has 1 aromatic heterocycles. The van der Waals surface area contributed by atoms with E-state index in [2.05, 4.69) is 23.7 Å². The Morgan fingerprint density at radius 1 is 1.14 bits per heavy atom. The van der Waals surface area contributed by atoms with Gasteiger partial charge in [0, 0.05) is 38.1 Å². The predicted octanol–water partition coefficient (Wildman–Crippen LogP) is 3.72. The van der Waals surface area contributed by atoms with Crippen LogP contribution >= 0.6 is 0 Å². The summed E-state index contributed by atoms with van der Waals surface area (Å²) in [5.74, 6) is 0.0942. The Labute approximate surface area is 134 Å². The first kappa shape index (κ1) is 16.8. The fourth-order valence-corrected chi connectivity index (χ4v) is 3.08. The maximum absolute atomic E-state index is 12.7. The van der Waals surface area contributed by atoms with Crippen LogP contribution in [0, 0.1) is 0 Å². The van der Waals surface area contributed by atoms with Gasteiger partial charge >= 0.3 is 0 Å². The Bertz CT molecular complexity index is 461. The lowest BCUT2D eigenvalue weighted by Crippen LogP contribution is -2.33. The van der Waals surface area contributed by atoms with Crippen LogP contribution in [0.1, 0.15) is 62.9 Å². The second kappa shape index (κ2) is 8.76. The number of pyridine rings is 1. The Morgan fingerprint density at radius 2 is 1.77 bits per heavy atom. The summed E-state index contributed by atoms with van der Waals surface area (Å²) in [6.45, 7) is 8.17. The minimum atomic E-state index is 0.0942. The zero-order valence-electron chi connectivity index (χ0n) is 14.1. The molecule has 0 saturated carbocycles. The van der Waals surface area contributed by atoms with Gasteiger partial charge in [0.1, 0.15) is 5.69 Å². The topological polar surface area (TPSA) is 36.4 Å². The van der Waals surface area contributed by atoms with Gasteiger partial charge in [-0.1, -0.05) is 26.7 Å². The highest BCUT2D eigenvalue weighted by Crippen LogP contribution is 2.18. The van der Waals surface area contributed by atoms with E-state index >= 15 is 0 Å². The average Bonchev–Trinajstić information content (AvgIpc) is 2.83. The van der Waals surface area contributed by atoms with Crippen LogP contribution in [0.15, 0.2) is 18.3 Å². The minimum absolute atomic E-state index is 0.0942. The van der Waals surface area contributed by atoms with Gasteiger partial charge in [-0.15, -0.1) is 0 Å². The molecule has 1 amide bonds. The molecule has 0 aromatic carbocycles. The molecule has 22 heavy (non-hydrogen) atoms. The Balaban J connectivity index is 2.13. The van der Waals surface area contributed by atoms with Crippen LogP contribution in [0.5, 0.6) is 0 Å². The summed E-state index contributed by atoms with van der Waals surface area (Å²) in [5.41, 5.74) is 1.72. The molecule has 0 N–H and O–H groups in total. The molecule has 0 unspecified atom stereocenters. The maximum Gasteiger partial charge on any atom is 0.272 e. The van der Waals surface area contributed by atoms with Crippen LogP contribution in [-0.2, 0) is 0 Å². The van der Waals surface area contributed by atoms with Crippen molar-refractivity contribution >= 4 is 11.6 Å². The van der Waals surface area contributed by atoms with Gasteiger partial charge < -0.3 is 9.80 Å². The van der Waals surface area contributed by atoms with Gasteiger partial charge in [-0.25, -0.2) is 0 Å². The highest BCUT2D eigenvalue weighted by molar-refractivity contribution is 5.93. The summed E-state index contributed by atoms with van der Waals surface area (Å²) in [7, 11) is 0. The van der Waals surface area contributed by atoms with E-state index in [1.165, 1.54) is 12.8 Å². The van der Waals surface area contributed by atoms with Crippen molar-refractivity contribution in [1.82, 2.24) is 9.88 Å². The van der Waals surface area contributed by atoms with Gasteiger partial charge in [-0.3, -0.25) is 9.78 Å². The smallest absolute Gasteiger partial charge is 0.272 e. The molecule has 4 heteroatoms. The quantitative estimate of drug-likeness (QED) is 0.803. The Kier molecular flexibility index (Phi) is 6.69. The second-order valence-electron chi connectivity index (χ2n) is 6.09. The lowest BCUT2D eigenvalue weighted by molar-refractivity contribution is 0.0756. The van der Waals surface area contributed by atoms with Gasteiger partial charge in [0.05, 0.1) is 0 Å². The number of carbonyl (C=O) groups is 1.